The summed E-state index contributed by atoms with van der Waals surface area (Å²) in [6.45, 7) is 7.02. The van der Waals surface area contributed by atoms with Crippen LogP contribution in [0, 0.1) is 11.8 Å². The number of carbonyl (C=O) groups is 2. The number of ether oxygens (including phenoxy) is 1. The number of anilines is 1. The van der Waals surface area contributed by atoms with Gasteiger partial charge in [-0.1, -0.05) is 12.2 Å². The van der Waals surface area contributed by atoms with Crippen molar-refractivity contribution >= 4 is 17.5 Å². The average Bonchev–Trinajstić information content (AvgIpc) is 2.97. The van der Waals surface area contributed by atoms with Crippen molar-refractivity contribution < 1.29 is 14.3 Å². The Morgan fingerprint density at radius 2 is 1.89 bits per heavy atom. The average molecular weight is 519 g/mol. The maximum atomic E-state index is 13.0. The predicted octanol–water partition coefficient (Wildman–Crippen LogP) is 1.70. The summed E-state index contributed by atoms with van der Waals surface area (Å²) in [6.07, 6.45) is 8.89. The summed E-state index contributed by atoms with van der Waals surface area (Å²) in [6, 6.07) is 10.2. The molecule has 9 heteroatoms. The van der Waals surface area contributed by atoms with Crippen LogP contribution in [-0.2, 0) is 22.7 Å². The Kier molecular flexibility index (Phi) is 8.88. The largest absolute Gasteiger partial charge is 0.489 e. The van der Waals surface area contributed by atoms with Gasteiger partial charge in [0, 0.05) is 82.4 Å². The minimum absolute atomic E-state index is 0.0371. The number of amides is 2. The molecule has 2 atom stereocenters. The zero-order valence-electron chi connectivity index (χ0n) is 21.9. The number of hydrogen-bond acceptors (Lipinski definition) is 7. The molecule has 1 aromatic carbocycles. The standard InChI is InChI=1S/C29H38N6O3/c36-28(33-18-22-5-8-30-9-6-22)17-23-7-12-35-21-24(23)2-1-15-38-27-4-3-26(34-13-10-31-11-14-34)16-25(27)19-32-20-29(35)37/h1-6,8-9,16,23-24,31-32H,7,10-15,17-21H2,(H,33,36)/b2-1+/t23-,24-/m0/s1. The van der Waals surface area contributed by atoms with Crippen LogP contribution in [0.1, 0.15) is 24.0 Å². The molecule has 3 aliphatic heterocycles. The van der Waals surface area contributed by atoms with Crippen LogP contribution in [0.15, 0.2) is 54.9 Å². The van der Waals surface area contributed by atoms with Crippen LogP contribution in [-0.4, -0.2) is 74.1 Å². The summed E-state index contributed by atoms with van der Waals surface area (Å²) in [5.74, 6) is 1.26. The summed E-state index contributed by atoms with van der Waals surface area (Å²) in [5, 5.41) is 9.78. The van der Waals surface area contributed by atoms with E-state index in [2.05, 4.69) is 44.0 Å². The highest BCUT2D eigenvalue weighted by atomic mass is 16.5. The molecule has 4 heterocycles. The monoisotopic (exact) mass is 518 g/mol. The molecule has 0 saturated carbocycles. The molecule has 9 nitrogen and oxygen atoms in total. The van der Waals surface area contributed by atoms with Crippen LogP contribution in [0.5, 0.6) is 5.75 Å². The maximum absolute atomic E-state index is 13.0. The van der Waals surface area contributed by atoms with Crippen molar-refractivity contribution in [1.82, 2.24) is 25.8 Å². The number of nitrogens with one attached hydrogen (secondary N) is 3. The van der Waals surface area contributed by atoms with E-state index in [4.69, 9.17) is 4.74 Å². The lowest BCUT2D eigenvalue weighted by Crippen LogP contribution is -2.47. The molecular weight excluding hydrogens is 480 g/mol. The molecule has 202 valence electrons. The van der Waals surface area contributed by atoms with Gasteiger partial charge >= 0.3 is 0 Å². The first kappa shape index (κ1) is 26.2. The summed E-state index contributed by atoms with van der Waals surface area (Å²) in [4.78, 5) is 34.1. The lowest BCUT2D eigenvalue weighted by Gasteiger charge is -2.37. The van der Waals surface area contributed by atoms with Gasteiger partial charge in [-0.2, -0.15) is 0 Å². The van der Waals surface area contributed by atoms with Crippen molar-refractivity contribution in [2.24, 2.45) is 11.8 Å². The topological polar surface area (TPSA) is 98.8 Å². The minimum Gasteiger partial charge on any atom is -0.489 e. The molecule has 2 bridgehead atoms. The molecule has 0 radical (unpaired) electrons. The van der Waals surface area contributed by atoms with Gasteiger partial charge < -0.3 is 30.5 Å². The van der Waals surface area contributed by atoms with Crippen LogP contribution in [0.4, 0.5) is 5.69 Å². The Hall–Kier alpha value is -3.43. The lowest BCUT2D eigenvalue weighted by molar-refractivity contribution is -0.132. The molecule has 0 aliphatic carbocycles. The van der Waals surface area contributed by atoms with Crippen molar-refractivity contribution in [3.05, 3.63) is 66.0 Å². The van der Waals surface area contributed by atoms with Crippen molar-refractivity contribution in [3.8, 4) is 5.75 Å². The van der Waals surface area contributed by atoms with E-state index in [1.54, 1.807) is 12.4 Å². The van der Waals surface area contributed by atoms with Gasteiger partial charge in [0.15, 0.2) is 0 Å². The molecule has 0 unspecified atom stereocenters. The second-order valence-corrected chi connectivity index (χ2v) is 10.3. The zero-order valence-corrected chi connectivity index (χ0v) is 21.9. The maximum Gasteiger partial charge on any atom is 0.236 e. The Bertz CT molecular complexity index is 1120. The van der Waals surface area contributed by atoms with Gasteiger partial charge in [0.05, 0.1) is 6.54 Å². The Balaban J connectivity index is 1.24. The van der Waals surface area contributed by atoms with Crippen LogP contribution < -0.4 is 25.6 Å². The number of piperazine rings is 1. The number of fused-ring (bicyclic) bond motifs is 3. The fraction of sp³-hybridized carbons (Fsp3) is 0.483. The van der Waals surface area contributed by atoms with Crippen LogP contribution >= 0.6 is 0 Å². The molecule has 3 N–H and O–H groups in total. The molecular formula is C29H38N6O3. The van der Waals surface area contributed by atoms with Crippen molar-refractivity contribution in [3.63, 3.8) is 0 Å². The van der Waals surface area contributed by atoms with E-state index < -0.39 is 0 Å². The van der Waals surface area contributed by atoms with E-state index in [1.807, 2.05) is 29.2 Å². The first-order valence-electron chi connectivity index (χ1n) is 13.7. The van der Waals surface area contributed by atoms with Crippen molar-refractivity contribution in [1.29, 1.82) is 0 Å². The highest BCUT2D eigenvalue weighted by Crippen LogP contribution is 2.29. The molecule has 5 rings (SSSR count). The van der Waals surface area contributed by atoms with Crippen LogP contribution in [0.3, 0.4) is 0 Å². The summed E-state index contributed by atoms with van der Waals surface area (Å²) in [5.41, 5.74) is 3.27. The molecule has 2 saturated heterocycles. The van der Waals surface area contributed by atoms with Gasteiger partial charge in [0.2, 0.25) is 11.8 Å². The first-order valence-corrected chi connectivity index (χ1v) is 13.7. The fourth-order valence-electron chi connectivity index (χ4n) is 5.49. The van der Waals surface area contributed by atoms with Gasteiger partial charge in [0.25, 0.3) is 0 Å². The molecule has 2 amide bonds. The SMILES string of the molecule is O=C(C[C@@H]1CCN2C[C@@H]1/C=C/COc1ccc(N3CCNCC3)cc1CNCC2=O)NCc1ccncc1. The highest BCUT2D eigenvalue weighted by molar-refractivity contribution is 5.79. The van der Waals surface area contributed by atoms with E-state index in [9.17, 15) is 9.59 Å². The van der Waals surface area contributed by atoms with Crippen LogP contribution in [0.2, 0.25) is 0 Å². The Labute approximate surface area is 224 Å². The van der Waals surface area contributed by atoms with Gasteiger partial charge in [-0.3, -0.25) is 14.6 Å². The number of hydrogen-bond donors (Lipinski definition) is 3. The van der Waals surface area contributed by atoms with E-state index in [1.165, 1.54) is 5.69 Å². The highest BCUT2D eigenvalue weighted by Gasteiger charge is 2.31. The molecule has 1 aromatic heterocycles. The molecule has 2 fully saturated rings. The molecule has 0 spiro atoms. The normalized spacial score (nSPS) is 23.2. The minimum atomic E-state index is 0.0371. The summed E-state index contributed by atoms with van der Waals surface area (Å²) in [7, 11) is 0. The second-order valence-electron chi connectivity index (χ2n) is 10.3. The Morgan fingerprint density at radius 3 is 2.74 bits per heavy atom. The van der Waals surface area contributed by atoms with E-state index in [0.717, 1.165) is 49.5 Å². The van der Waals surface area contributed by atoms with Gasteiger partial charge in [0.1, 0.15) is 12.4 Å². The van der Waals surface area contributed by atoms with E-state index in [0.29, 0.717) is 39.2 Å². The Morgan fingerprint density at radius 1 is 1.05 bits per heavy atom. The molecule has 38 heavy (non-hydrogen) atoms. The molecule has 2 aromatic rings. The second kappa shape index (κ2) is 12.9. The number of rotatable bonds is 5. The lowest BCUT2D eigenvalue weighted by atomic mass is 9.82. The van der Waals surface area contributed by atoms with Crippen molar-refractivity contribution in [2.45, 2.75) is 25.9 Å². The number of carbonyl (C=O) groups excluding carboxylic acids is 2. The third-order valence-electron chi connectivity index (χ3n) is 7.68. The molecule has 3 aliphatic rings. The number of benzene rings is 1. The summed E-state index contributed by atoms with van der Waals surface area (Å²) < 4.78 is 6.17. The third-order valence-corrected chi connectivity index (χ3v) is 7.68. The van der Waals surface area contributed by atoms with E-state index in [-0.39, 0.29) is 30.2 Å². The zero-order chi connectivity index (χ0) is 26.2. The van der Waals surface area contributed by atoms with E-state index >= 15 is 0 Å². The fourth-order valence-corrected chi connectivity index (χ4v) is 5.49. The summed E-state index contributed by atoms with van der Waals surface area (Å²) >= 11 is 0. The van der Waals surface area contributed by atoms with Gasteiger partial charge in [-0.05, 0) is 54.2 Å². The van der Waals surface area contributed by atoms with Crippen molar-refractivity contribution in [2.75, 3.05) is 57.3 Å². The number of nitrogens with zero attached hydrogens (tertiary/aromatic N) is 3. The van der Waals surface area contributed by atoms with Crippen LogP contribution in [0.25, 0.3) is 0 Å². The van der Waals surface area contributed by atoms with Gasteiger partial charge in [-0.25, -0.2) is 0 Å². The number of pyridine rings is 1. The predicted molar refractivity (Wildman–Crippen MR) is 147 cm³/mol. The third kappa shape index (κ3) is 6.90. The number of piperidine rings is 1. The smallest absolute Gasteiger partial charge is 0.236 e. The number of aromatic nitrogens is 1. The first-order chi connectivity index (χ1) is 18.7. The quantitative estimate of drug-likeness (QED) is 0.519. The van der Waals surface area contributed by atoms with Gasteiger partial charge in [-0.15, -0.1) is 0 Å².